The molecule has 0 radical (unpaired) electrons. The fourth-order valence-electron chi connectivity index (χ4n) is 1.64. The lowest BCUT2D eigenvalue weighted by Crippen LogP contribution is -2.36. The number of imidazole rings is 1. The number of amides is 1. The second-order valence-corrected chi connectivity index (χ2v) is 3.51. The van der Waals surface area contributed by atoms with Gasteiger partial charge in [-0.25, -0.2) is 4.98 Å². The number of aromatic amines is 1. The smallest absolute Gasteiger partial charge is 0.224 e. The average molecular weight is 194 g/mol. The molecule has 1 aliphatic rings. The minimum absolute atomic E-state index is 0.239. The topological polar surface area (TPSA) is 52.2 Å². The normalized spacial score (nSPS) is 16.4. The van der Waals surface area contributed by atoms with Crippen molar-refractivity contribution in [3.8, 4) is 0 Å². The van der Waals surface area contributed by atoms with Crippen LogP contribution in [0.5, 0.6) is 0 Å². The fourth-order valence-corrected chi connectivity index (χ4v) is 1.64. The molecule has 1 amide bonds. The Kier molecular flexibility index (Phi) is 2.39. The molecule has 0 unspecified atom stereocenters. The first-order chi connectivity index (χ1) is 6.77. The van der Waals surface area contributed by atoms with E-state index in [-0.39, 0.29) is 5.91 Å². The van der Waals surface area contributed by atoms with Gasteiger partial charge < -0.3 is 14.8 Å². The summed E-state index contributed by atoms with van der Waals surface area (Å²) in [4.78, 5) is 22.2. The number of carbonyl (C=O) groups is 1. The van der Waals surface area contributed by atoms with Crippen LogP contribution in [0.1, 0.15) is 12.8 Å². The number of hydrogen-bond acceptors (Lipinski definition) is 3. The number of likely N-dealkylation sites (tertiary alicyclic amines) is 1. The second kappa shape index (κ2) is 3.69. The molecule has 2 rings (SSSR count). The summed E-state index contributed by atoms with van der Waals surface area (Å²) in [6.45, 7) is 1.48. The number of aromatic nitrogens is 2. The lowest BCUT2D eigenvalue weighted by atomic mass is 10.4. The number of nitrogens with one attached hydrogen (secondary N) is 1. The van der Waals surface area contributed by atoms with Gasteiger partial charge in [-0.15, -0.1) is 0 Å². The van der Waals surface area contributed by atoms with Crippen LogP contribution in [-0.2, 0) is 4.79 Å². The van der Waals surface area contributed by atoms with Gasteiger partial charge in [-0.1, -0.05) is 0 Å². The highest BCUT2D eigenvalue weighted by atomic mass is 16.2. The summed E-state index contributed by atoms with van der Waals surface area (Å²) in [5.74, 6) is 1.04. The largest absolute Gasteiger partial charge is 0.331 e. The van der Waals surface area contributed by atoms with Gasteiger partial charge in [0.15, 0.2) is 0 Å². The predicted molar refractivity (Wildman–Crippen MR) is 52.8 cm³/mol. The molecule has 5 nitrogen and oxygen atoms in total. The molecule has 0 bridgehead atoms. The highest BCUT2D eigenvalue weighted by Gasteiger charge is 2.21. The van der Waals surface area contributed by atoms with Crippen molar-refractivity contribution in [2.24, 2.45) is 0 Å². The molecular weight excluding hydrogens is 180 g/mol. The van der Waals surface area contributed by atoms with Crippen LogP contribution in [0.15, 0.2) is 12.4 Å². The Morgan fingerprint density at radius 3 is 3.14 bits per heavy atom. The third kappa shape index (κ3) is 1.71. The molecule has 0 spiro atoms. The quantitative estimate of drug-likeness (QED) is 0.759. The van der Waals surface area contributed by atoms with Crippen LogP contribution in [0.4, 0.5) is 5.95 Å². The molecule has 0 aromatic carbocycles. The van der Waals surface area contributed by atoms with E-state index in [0.29, 0.717) is 13.1 Å². The van der Waals surface area contributed by atoms with Gasteiger partial charge in [-0.2, -0.15) is 0 Å². The van der Waals surface area contributed by atoms with Crippen molar-refractivity contribution >= 4 is 11.9 Å². The van der Waals surface area contributed by atoms with E-state index in [4.69, 9.17) is 0 Å². The summed E-state index contributed by atoms with van der Waals surface area (Å²) in [7, 11) is 1.92. The van der Waals surface area contributed by atoms with Gasteiger partial charge >= 0.3 is 0 Å². The highest BCUT2D eigenvalue weighted by Crippen LogP contribution is 2.11. The standard InChI is InChI=1S/C9H14N4O/c1-12(9-10-4-5-11-9)7-13-6-2-3-8(13)14/h4-5H,2-3,6-7H2,1H3,(H,10,11). The van der Waals surface area contributed by atoms with Crippen molar-refractivity contribution in [2.75, 3.05) is 25.2 Å². The van der Waals surface area contributed by atoms with E-state index in [1.54, 1.807) is 12.4 Å². The van der Waals surface area contributed by atoms with Gasteiger partial charge in [0.1, 0.15) is 0 Å². The molecule has 14 heavy (non-hydrogen) atoms. The van der Waals surface area contributed by atoms with Crippen molar-refractivity contribution in [3.05, 3.63) is 12.4 Å². The van der Waals surface area contributed by atoms with Crippen LogP contribution >= 0.6 is 0 Å². The molecule has 1 saturated heterocycles. The summed E-state index contributed by atoms with van der Waals surface area (Å²) in [6.07, 6.45) is 5.14. The maximum atomic E-state index is 11.3. The Bertz CT molecular complexity index is 309. The number of H-pyrrole nitrogens is 1. The van der Waals surface area contributed by atoms with Gasteiger partial charge in [0.25, 0.3) is 0 Å². The molecule has 1 aliphatic heterocycles. The maximum Gasteiger partial charge on any atom is 0.224 e. The van der Waals surface area contributed by atoms with E-state index in [2.05, 4.69) is 9.97 Å². The Morgan fingerprint density at radius 2 is 2.57 bits per heavy atom. The zero-order valence-corrected chi connectivity index (χ0v) is 8.23. The molecular formula is C9H14N4O. The van der Waals surface area contributed by atoms with Crippen molar-refractivity contribution in [1.82, 2.24) is 14.9 Å². The Morgan fingerprint density at radius 1 is 1.71 bits per heavy atom. The average Bonchev–Trinajstić information content (AvgIpc) is 2.77. The maximum absolute atomic E-state index is 11.3. The molecule has 1 aromatic heterocycles. The summed E-state index contributed by atoms with van der Waals surface area (Å²) >= 11 is 0. The molecule has 0 saturated carbocycles. The SMILES string of the molecule is CN(CN1CCCC1=O)c1ncc[nH]1. The summed E-state index contributed by atoms with van der Waals surface area (Å²) < 4.78 is 0. The first-order valence-corrected chi connectivity index (χ1v) is 4.75. The highest BCUT2D eigenvalue weighted by molar-refractivity contribution is 5.78. The van der Waals surface area contributed by atoms with Crippen LogP contribution in [-0.4, -0.2) is 41.0 Å². The van der Waals surface area contributed by atoms with Crippen molar-refractivity contribution < 1.29 is 4.79 Å². The number of anilines is 1. The lowest BCUT2D eigenvalue weighted by Gasteiger charge is -2.23. The van der Waals surface area contributed by atoms with E-state index < -0.39 is 0 Å². The fraction of sp³-hybridized carbons (Fsp3) is 0.556. The van der Waals surface area contributed by atoms with E-state index in [1.807, 2.05) is 16.8 Å². The Hall–Kier alpha value is -1.52. The predicted octanol–water partition coefficient (Wildman–Crippen LogP) is 0.426. The Balaban J connectivity index is 1.94. The summed E-state index contributed by atoms with van der Waals surface area (Å²) in [5.41, 5.74) is 0. The van der Waals surface area contributed by atoms with Gasteiger partial charge in [0.05, 0.1) is 6.67 Å². The molecule has 1 N–H and O–H groups in total. The molecule has 0 aliphatic carbocycles. The van der Waals surface area contributed by atoms with Crippen LogP contribution in [0, 0.1) is 0 Å². The lowest BCUT2D eigenvalue weighted by molar-refractivity contribution is -0.127. The van der Waals surface area contributed by atoms with E-state index in [1.165, 1.54) is 0 Å². The zero-order valence-electron chi connectivity index (χ0n) is 8.23. The number of rotatable bonds is 3. The summed E-state index contributed by atoms with van der Waals surface area (Å²) in [5, 5.41) is 0. The van der Waals surface area contributed by atoms with E-state index in [0.717, 1.165) is 18.9 Å². The van der Waals surface area contributed by atoms with Gasteiger partial charge in [0, 0.05) is 32.4 Å². The zero-order chi connectivity index (χ0) is 9.97. The first-order valence-electron chi connectivity index (χ1n) is 4.75. The van der Waals surface area contributed by atoms with Crippen LogP contribution in [0.3, 0.4) is 0 Å². The van der Waals surface area contributed by atoms with Gasteiger partial charge in [-0.3, -0.25) is 4.79 Å². The molecule has 5 heteroatoms. The molecule has 2 heterocycles. The van der Waals surface area contributed by atoms with Gasteiger partial charge in [-0.05, 0) is 6.42 Å². The van der Waals surface area contributed by atoms with Crippen LogP contribution in [0.25, 0.3) is 0 Å². The van der Waals surface area contributed by atoms with Crippen molar-refractivity contribution in [2.45, 2.75) is 12.8 Å². The molecule has 1 fully saturated rings. The molecule has 76 valence electrons. The minimum atomic E-state index is 0.239. The third-order valence-electron chi connectivity index (χ3n) is 2.40. The Labute approximate surface area is 82.7 Å². The van der Waals surface area contributed by atoms with Gasteiger partial charge in [0.2, 0.25) is 11.9 Å². The van der Waals surface area contributed by atoms with Crippen LogP contribution < -0.4 is 4.90 Å². The number of hydrogen-bond donors (Lipinski definition) is 1. The summed E-state index contributed by atoms with van der Waals surface area (Å²) in [6, 6.07) is 0. The van der Waals surface area contributed by atoms with E-state index >= 15 is 0 Å². The molecule has 1 aromatic rings. The number of nitrogens with zero attached hydrogens (tertiary/aromatic N) is 3. The van der Waals surface area contributed by atoms with E-state index in [9.17, 15) is 4.79 Å². The monoisotopic (exact) mass is 194 g/mol. The first kappa shape index (κ1) is 9.05. The minimum Gasteiger partial charge on any atom is -0.331 e. The van der Waals surface area contributed by atoms with Crippen LogP contribution in [0.2, 0.25) is 0 Å². The third-order valence-corrected chi connectivity index (χ3v) is 2.40. The van der Waals surface area contributed by atoms with Crippen molar-refractivity contribution in [3.63, 3.8) is 0 Å². The molecule has 0 atom stereocenters. The second-order valence-electron chi connectivity index (χ2n) is 3.51. The number of carbonyl (C=O) groups excluding carboxylic acids is 1. The van der Waals surface area contributed by atoms with Crippen molar-refractivity contribution in [1.29, 1.82) is 0 Å².